The van der Waals surface area contributed by atoms with Crippen molar-refractivity contribution in [3.63, 3.8) is 0 Å². The Morgan fingerprint density at radius 1 is 1.26 bits per heavy atom. The van der Waals surface area contributed by atoms with Gasteiger partial charge in [0.15, 0.2) is 0 Å². The van der Waals surface area contributed by atoms with Crippen molar-refractivity contribution in [2.75, 3.05) is 0 Å². The molecule has 0 spiro atoms. The van der Waals surface area contributed by atoms with Gasteiger partial charge in [0, 0.05) is 24.4 Å². The van der Waals surface area contributed by atoms with E-state index in [2.05, 4.69) is 9.97 Å². The van der Waals surface area contributed by atoms with Crippen molar-refractivity contribution < 1.29 is 24.6 Å². The predicted octanol–water partition coefficient (Wildman–Crippen LogP) is 2.15. The average Bonchev–Trinajstić information content (AvgIpc) is 2.89. The number of hydrogen-bond donors (Lipinski definition) is 2. The van der Waals surface area contributed by atoms with Gasteiger partial charge in [0.25, 0.3) is 5.91 Å². The second-order valence-electron chi connectivity index (χ2n) is 5.61. The van der Waals surface area contributed by atoms with Crippen LogP contribution in [0.5, 0.6) is 0 Å². The molecule has 1 saturated heterocycles. The standard InChI is InChI=1S/C17H13N3O5S2/c21-13(22)5-4-11(16(24)25)20-15(23)12(27-17(20)26)8-9-2-1-3-10-14(9)19-7-6-18-10/h1-3,6-8,11H,4-5H2,(H,21,22)(H,24,25)/b12-8-/t11-/m1/s1. The first-order chi connectivity index (χ1) is 12.9. The summed E-state index contributed by atoms with van der Waals surface area (Å²) >= 11 is 6.15. The molecule has 1 atom stereocenters. The minimum atomic E-state index is -1.33. The molecule has 1 amide bonds. The minimum Gasteiger partial charge on any atom is -0.481 e. The Kier molecular flexibility index (Phi) is 5.47. The van der Waals surface area contributed by atoms with Crippen LogP contribution in [0.1, 0.15) is 18.4 Å². The molecule has 0 saturated carbocycles. The molecule has 0 bridgehead atoms. The maximum Gasteiger partial charge on any atom is 0.326 e. The fourth-order valence-corrected chi connectivity index (χ4v) is 3.99. The van der Waals surface area contributed by atoms with E-state index in [0.29, 0.717) is 16.6 Å². The van der Waals surface area contributed by atoms with Crippen LogP contribution in [-0.2, 0) is 14.4 Å². The van der Waals surface area contributed by atoms with Gasteiger partial charge in [-0.3, -0.25) is 24.5 Å². The van der Waals surface area contributed by atoms with Crippen LogP contribution < -0.4 is 0 Å². The number of rotatable bonds is 6. The Morgan fingerprint density at radius 3 is 2.70 bits per heavy atom. The number of carbonyl (C=O) groups excluding carboxylic acids is 1. The number of amides is 1. The zero-order valence-electron chi connectivity index (χ0n) is 13.7. The molecule has 1 fully saturated rings. The first kappa shape index (κ1) is 18.9. The van der Waals surface area contributed by atoms with Gasteiger partial charge < -0.3 is 10.2 Å². The van der Waals surface area contributed by atoms with Gasteiger partial charge >= 0.3 is 11.9 Å². The van der Waals surface area contributed by atoms with E-state index in [1.54, 1.807) is 30.5 Å². The summed E-state index contributed by atoms with van der Waals surface area (Å²) in [5.41, 5.74) is 1.91. The summed E-state index contributed by atoms with van der Waals surface area (Å²) in [5.74, 6) is -3.01. The third-order valence-electron chi connectivity index (χ3n) is 3.87. The Hall–Kier alpha value is -2.85. The smallest absolute Gasteiger partial charge is 0.326 e. The quantitative estimate of drug-likeness (QED) is 0.552. The molecule has 2 aromatic rings. The molecule has 138 valence electrons. The van der Waals surface area contributed by atoms with Gasteiger partial charge in [-0.1, -0.05) is 36.1 Å². The van der Waals surface area contributed by atoms with Crippen molar-refractivity contribution in [2.24, 2.45) is 0 Å². The molecule has 0 unspecified atom stereocenters. The molecule has 8 nitrogen and oxygen atoms in total. The van der Waals surface area contributed by atoms with E-state index in [1.807, 2.05) is 0 Å². The normalized spacial score (nSPS) is 16.9. The molecular formula is C17H13N3O5S2. The molecule has 1 aromatic heterocycles. The van der Waals surface area contributed by atoms with E-state index < -0.39 is 23.9 Å². The van der Waals surface area contributed by atoms with Gasteiger partial charge in [-0.15, -0.1) is 0 Å². The zero-order chi connectivity index (χ0) is 19.6. The second kappa shape index (κ2) is 7.80. The van der Waals surface area contributed by atoms with Crippen LogP contribution in [0, 0.1) is 0 Å². The molecule has 2 N–H and O–H groups in total. The summed E-state index contributed by atoms with van der Waals surface area (Å²) in [5, 5.41) is 18.2. The lowest BCUT2D eigenvalue weighted by atomic mass is 10.1. The highest BCUT2D eigenvalue weighted by atomic mass is 32.2. The lowest BCUT2D eigenvalue weighted by molar-refractivity contribution is -0.146. The summed E-state index contributed by atoms with van der Waals surface area (Å²) < 4.78 is 0.0790. The van der Waals surface area contributed by atoms with E-state index >= 15 is 0 Å². The highest BCUT2D eigenvalue weighted by Gasteiger charge is 2.40. The lowest BCUT2D eigenvalue weighted by Crippen LogP contribution is -2.44. The topological polar surface area (TPSA) is 121 Å². The first-order valence-electron chi connectivity index (χ1n) is 7.80. The number of thioether (sulfide) groups is 1. The molecule has 1 aromatic carbocycles. The van der Waals surface area contributed by atoms with Crippen LogP contribution in [0.25, 0.3) is 17.1 Å². The number of carboxylic acid groups (broad SMARTS) is 2. The number of hydrogen-bond acceptors (Lipinski definition) is 7. The fraction of sp³-hybridized carbons (Fsp3) is 0.176. The van der Waals surface area contributed by atoms with E-state index in [0.717, 1.165) is 16.7 Å². The molecular weight excluding hydrogens is 390 g/mol. The van der Waals surface area contributed by atoms with Crippen LogP contribution in [0.2, 0.25) is 0 Å². The van der Waals surface area contributed by atoms with E-state index in [1.165, 1.54) is 6.20 Å². The van der Waals surface area contributed by atoms with Crippen LogP contribution in [0.3, 0.4) is 0 Å². The van der Waals surface area contributed by atoms with E-state index in [-0.39, 0.29) is 22.1 Å². The van der Waals surface area contributed by atoms with Crippen molar-refractivity contribution in [1.29, 1.82) is 0 Å². The van der Waals surface area contributed by atoms with Crippen molar-refractivity contribution >= 4 is 63.3 Å². The predicted molar refractivity (Wildman–Crippen MR) is 103 cm³/mol. The summed E-state index contributed by atoms with van der Waals surface area (Å²) in [7, 11) is 0. The highest BCUT2D eigenvalue weighted by molar-refractivity contribution is 8.26. The van der Waals surface area contributed by atoms with E-state index in [9.17, 15) is 19.5 Å². The number of fused-ring (bicyclic) bond motifs is 1. The molecule has 0 radical (unpaired) electrons. The van der Waals surface area contributed by atoms with Gasteiger partial charge in [-0.2, -0.15) is 0 Å². The third kappa shape index (κ3) is 3.96. The summed E-state index contributed by atoms with van der Waals surface area (Å²) in [4.78, 5) is 44.7. The lowest BCUT2D eigenvalue weighted by Gasteiger charge is -2.22. The van der Waals surface area contributed by atoms with Crippen molar-refractivity contribution in [3.05, 3.63) is 41.1 Å². The number of carboxylic acids is 2. The van der Waals surface area contributed by atoms with Crippen molar-refractivity contribution in [2.45, 2.75) is 18.9 Å². The molecule has 27 heavy (non-hydrogen) atoms. The largest absolute Gasteiger partial charge is 0.481 e. The number of benzene rings is 1. The Morgan fingerprint density at radius 2 is 2.00 bits per heavy atom. The first-order valence-corrected chi connectivity index (χ1v) is 9.02. The summed E-state index contributed by atoms with van der Waals surface area (Å²) in [6.45, 7) is 0. The molecule has 10 heteroatoms. The van der Waals surface area contributed by atoms with Crippen LogP contribution in [0.15, 0.2) is 35.5 Å². The van der Waals surface area contributed by atoms with Crippen molar-refractivity contribution in [1.82, 2.24) is 14.9 Å². The Bertz CT molecular complexity index is 986. The fourth-order valence-electron chi connectivity index (χ4n) is 2.64. The molecule has 1 aliphatic rings. The molecule has 1 aliphatic heterocycles. The molecule has 0 aliphatic carbocycles. The number of carbonyl (C=O) groups is 3. The van der Waals surface area contributed by atoms with Crippen LogP contribution in [0.4, 0.5) is 0 Å². The zero-order valence-corrected chi connectivity index (χ0v) is 15.4. The summed E-state index contributed by atoms with van der Waals surface area (Å²) in [6, 6.07) is 4.00. The van der Waals surface area contributed by atoms with Crippen molar-refractivity contribution in [3.8, 4) is 0 Å². The molecule has 2 heterocycles. The number of aliphatic carboxylic acids is 2. The third-order valence-corrected chi connectivity index (χ3v) is 5.20. The van der Waals surface area contributed by atoms with Gasteiger partial charge in [-0.25, -0.2) is 4.79 Å². The van der Waals surface area contributed by atoms with Gasteiger partial charge in [0.1, 0.15) is 10.4 Å². The Balaban J connectivity index is 1.94. The Labute approximate surface area is 162 Å². The number of para-hydroxylation sites is 1. The maximum absolute atomic E-state index is 12.7. The van der Waals surface area contributed by atoms with Crippen LogP contribution in [-0.4, -0.2) is 53.3 Å². The number of thiocarbonyl (C=S) groups is 1. The maximum atomic E-state index is 12.7. The van der Waals surface area contributed by atoms with Gasteiger partial charge in [-0.05, 0) is 18.6 Å². The van der Waals surface area contributed by atoms with Gasteiger partial charge in [0.2, 0.25) is 0 Å². The second-order valence-corrected chi connectivity index (χ2v) is 7.29. The summed E-state index contributed by atoms with van der Waals surface area (Å²) in [6.07, 6.45) is 4.07. The monoisotopic (exact) mass is 403 g/mol. The average molecular weight is 403 g/mol. The van der Waals surface area contributed by atoms with Crippen LogP contribution >= 0.6 is 24.0 Å². The SMILES string of the molecule is O=C(O)CC[C@H](C(=O)O)N1C(=O)/C(=C/c2cccc3nccnc23)SC1=S. The van der Waals surface area contributed by atoms with E-state index in [4.69, 9.17) is 17.3 Å². The number of nitrogens with zero attached hydrogens (tertiary/aromatic N) is 3. The minimum absolute atomic E-state index is 0.0790. The highest BCUT2D eigenvalue weighted by Crippen LogP contribution is 2.35. The molecule has 3 rings (SSSR count). The van der Waals surface area contributed by atoms with Gasteiger partial charge in [0.05, 0.1) is 15.9 Å². The number of aromatic nitrogens is 2.